The molecule has 2 aromatic rings. The first kappa shape index (κ1) is 13.3. The topological polar surface area (TPSA) is 68.0 Å². The molecule has 1 heterocycles. The highest BCUT2D eigenvalue weighted by atomic mass is 16.4. The van der Waals surface area contributed by atoms with Gasteiger partial charge in [-0.25, -0.2) is 0 Å². The standard InChI is InChI=1S/C14H17N3O2/c1-4-10-7-5-6-8-11(10)15-12(18)14-17-16-13(19-14)9(2)3/h5-9H,4H2,1-3H3,(H,15,18). The third-order valence-electron chi connectivity index (χ3n) is 2.78. The SMILES string of the molecule is CCc1ccccc1NC(=O)c1nnc(C(C)C)o1. The number of carbonyl (C=O) groups is 1. The molecule has 0 aliphatic rings. The Kier molecular flexibility index (Phi) is 3.94. The van der Waals surface area contributed by atoms with E-state index in [1.54, 1.807) is 0 Å². The van der Waals surface area contributed by atoms with Gasteiger partial charge in [0.05, 0.1) is 0 Å². The molecule has 0 radical (unpaired) electrons. The molecule has 0 unspecified atom stereocenters. The molecule has 1 aromatic carbocycles. The van der Waals surface area contributed by atoms with Crippen molar-refractivity contribution in [3.8, 4) is 0 Å². The van der Waals surface area contributed by atoms with Crippen LogP contribution >= 0.6 is 0 Å². The summed E-state index contributed by atoms with van der Waals surface area (Å²) in [5.41, 5.74) is 1.85. The molecule has 1 aromatic heterocycles. The van der Waals surface area contributed by atoms with E-state index in [2.05, 4.69) is 15.5 Å². The summed E-state index contributed by atoms with van der Waals surface area (Å²) < 4.78 is 5.32. The number of aromatic nitrogens is 2. The van der Waals surface area contributed by atoms with Gasteiger partial charge in [0, 0.05) is 11.6 Å². The number of para-hydroxylation sites is 1. The molecule has 0 saturated heterocycles. The number of benzene rings is 1. The van der Waals surface area contributed by atoms with E-state index in [4.69, 9.17) is 4.42 Å². The Balaban J connectivity index is 2.16. The summed E-state index contributed by atoms with van der Waals surface area (Å²) in [4.78, 5) is 12.0. The van der Waals surface area contributed by atoms with Crippen LogP contribution < -0.4 is 5.32 Å². The summed E-state index contributed by atoms with van der Waals surface area (Å²) in [7, 11) is 0. The third kappa shape index (κ3) is 2.99. The zero-order valence-corrected chi connectivity index (χ0v) is 11.3. The summed E-state index contributed by atoms with van der Waals surface area (Å²) in [6.45, 7) is 5.90. The number of hydrogen-bond donors (Lipinski definition) is 1. The molecule has 5 heteroatoms. The number of nitrogens with one attached hydrogen (secondary N) is 1. The van der Waals surface area contributed by atoms with Gasteiger partial charge in [0.1, 0.15) is 0 Å². The molecule has 0 aliphatic heterocycles. The second kappa shape index (κ2) is 5.65. The van der Waals surface area contributed by atoms with E-state index >= 15 is 0 Å². The number of aryl methyl sites for hydroxylation is 1. The van der Waals surface area contributed by atoms with Gasteiger partial charge in [0.2, 0.25) is 5.89 Å². The van der Waals surface area contributed by atoms with Crippen molar-refractivity contribution in [2.45, 2.75) is 33.1 Å². The maximum absolute atomic E-state index is 12.0. The minimum Gasteiger partial charge on any atom is -0.417 e. The minimum atomic E-state index is -0.375. The van der Waals surface area contributed by atoms with Crippen LogP contribution in [0.15, 0.2) is 28.7 Å². The molecular weight excluding hydrogens is 242 g/mol. The predicted molar refractivity (Wildman–Crippen MR) is 72.2 cm³/mol. The van der Waals surface area contributed by atoms with Crippen LogP contribution in [0.5, 0.6) is 0 Å². The Morgan fingerprint density at radius 3 is 2.68 bits per heavy atom. The highest BCUT2D eigenvalue weighted by molar-refractivity contribution is 6.01. The van der Waals surface area contributed by atoms with Gasteiger partial charge in [0.25, 0.3) is 0 Å². The van der Waals surface area contributed by atoms with Crippen LogP contribution in [0.4, 0.5) is 5.69 Å². The number of anilines is 1. The maximum atomic E-state index is 12.0. The van der Waals surface area contributed by atoms with Crippen molar-refractivity contribution in [2.24, 2.45) is 0 Å². The van der Waals surface area contributed by atoms with Gasteiger partial charge >= 0.3 is 11.8 Å². The minimum absolute atomic E-state index is 0.00499. The van der Waals surface area contributed by atoms with Gasteiger partial charge < -0.3 is 9.73 Å². The summed E-state index contributed by atoms with van der Waals surface area (Å²) in [6.07, 6.45) is 0.845. The Morgan fingerprint density at radius 1 is 1.32 bits per heavy atom. The average molecular weight is 259 g/mol. The Hall–Kier alpha value is -2.17. The van der Waals surface area contributed by atoms with E-state index in [1.165, 1.54) is 0 Å². The van der Waals surface area contributed by atoms with Crippen molar-refractivity contribution in [2.75, 3.05) is 5.32 Å². The van der Waals surface area contributed by atoms with E-state index in [1.807, 2.05) is 45.0 Å². The van der Waals surface area contributed by atoms with Crippen LogP contribution in [0.2, 0.25) is 0 Å². The number of hydrogen-bond acceptors (Lipinski definition) is 4. The van der Waals surface area contributed by atoms with Crippen molar-refractivity contribution in [3.05, 3.63) is 41.6 Å². The summed E-state index contributed by atoms with van der Waals surface area (Å²) >= 11 is 0. The number of carbonyl (C=O) groups excluding carboxylic acids is 1. The van der Waals surface area contributed by atoms with Crippen LogP contribution in [0.1, 0.15) is 48.8 Å². The van der Waals surface area contributed by atoms with Crippen molar-refractivity contribution in [1.29, 1.82) is 0 Å². The highest BCUT2D eigenvalue weighted by Gasteiger charge is 2.17. The lowest BCUT2D eigenvalue weighted by molar-refractivity contribution is 0.0988. The van der Waals surface area contributed by atoms with Crippen LogP contribution in [-0.4, -0.2) is 16.1 Å². The van der Waals surface area contributed by atoms with E-state index in [0.29, 0.717) is 5.89 Å². The molecular formula is C14H17N3O2. The second-order valence-electron chi connectivity index (χ2n) is 4.56. The van der Waals surface area contributed by atoms with Gasteiger partial charge in [-0.2, -0.15) is 0 Å². The van der Waals surface area contributed by atoms with E-state index in [9.17, 15) is 4.79 Å². The van der Waals surface area contributed by atoms with Crippen molar-refractivity contribution < 1.29 is 9.21 Å². The summed E-state index contributed by atoms with van der Waals surface area (Å²) in [5.74, 6) is 0.195. The van der Waals surface area contributed by atoms with Gasteiger partial charge in [-0.1, -0.05) is 39.0 Å². The molecule has 0 fully saturated rings. The molecule has 19 heavy (non-hydrogen) atoms. The van der Waals surface area contributed by atoms with Gasteiger partial charge in [-0.3, -0.25) is 4.79 Å². The molecule has 0 spiro atoms. The van der Waals surface area contributed by atoms with Crippen LogP contribution in [0, 0.1) is 0 Å². The smallest absolute Gasteiger partial charge is 0.313 e. The first-order valence-electron chi connectivity index (χ1n) is 6.34. The number of nitrogens with zero attached hydrogens (tertiary/aromatic N) is 2. The first-order chi connectivity index (χ1) is 9.11. The lowest BCUT2D eigenvalue weighted by Gasteiger charge is -2.07. The van der Waals surface area contributed by atoms with Crippen LogP contribution in [0.25, 0.3) is 0 Å². The monoisotopic (exact) mass is 259 g/mol. The Bertz CT molecular complexity index is 576. The van der Waals surface area contributed by atoms with Crippen molar-refractivity contribution >= 4 is 11.6 Å². The van der Waals surface area contributed by atoms with E-state index in [-0.39, 0.29) is 17.7 Å². The van der Waals surface area contributed by atoms with Crippen molar-refractivity contribution in [3.63, 3.8) is 0 Å². The molecule has 5 nitrogen and oxygen atoms in total. The normalized spacial score (nSPS) is 10.7. The molecule has 100 valence electrons. The quantitative estimate of drug-likeness (QED) is 0.916. The van der Waals surface area contributed by atoms with Gasteiger partial charge in [0.15, 0.2) is 0 Å². The Morgan fingerprint density at radius 2 is 2.05 bits per heavy atom. The fraction of sp³-hybridized carbons (Fsp3) is 0.357. The van der Waals surface area contributed by atoms with Crippen molar-refractivity contribution in [1.82, 2.24) is 10.2 Å². The summed E-state index contributed by atoms with van der Waals surface area (Å²) in [6, 6.07) is 7.65. The third-order valence-corrected chi connectivity index (χ3v) is 2.78. The van der Waals surface area contributed by atoms with E-state index < -0.39 is 0 Å². The fourth-order valence-corrected chi connectivity index (χ4v) is 1.69. The molecule has 1 amide bonds. The zero-order chi connectivity index (χ0) is 13.8. The molecule has 0 bridgehead atoms. The maximum Gasteiger partial charge on any atom is 0.313 e. The number of amides is 1. The second-order valence-corrected chi connectivity index (χ2v) is 4.56. The van der Waals surface area contributed by atoms with E-state index in [0.717, 1.165) is 17.7 Å². The van der Waals surface area contributed by atoms with Crippen LogP contribution in [-0.2, 0) is 6.42 Å². The Labute approximate surface area is 112 Å². The zero-order valence-electron chi connectivity index (χ0n) is 11.3. The molecule has 2 rings (SSSR count). The molecule has 0 atom stereocenters. The predicted octanol–water partition coefficient (Wildman–Crippen LogP) is 3.01. The number of rotatable bonds is 4. The van der Waals surface area contributed by atoms with Crippen LogP contribution in [0.3, 0.4) is 0 Å². The fourth-order valence-electron chi connectivity index (χ4n) is 1.69. The summed E-state index contributed by atoms with van der Waals surface area (Å²) in [5, 5.41) is 10.4. The highest BCUT2D eigenvalue weighted by Crippen LogP contribution is 2.17. The lowest BCUT2D eigenvalue weighted by Crippen LogP contribution is -2.13. The molecule has 0 saturated carbocycles. The lowest BCUT2D eigenvalue weighted by atomic mass is 10.1. The van der Waals surface area contributed by atoms with Gasteiger partial charge in [-0.05, 0) is 18.1 Å². The first-order valence-corrected chi connectivity index (χ1v) is 6.34. The molecule has 1 N–H and O–H groups in total. The van der Waals surface area contributed by atoms with Gasteiger partial charge in [-0.15, -0.1) is 10.2 Å². The molecule has 0 aliphatic carbocycles. The largest absolute Gasteiger partial charge is 0.417 e. The average Bonchev–Trinajstić information content (AvgIpc) is 2.89.